The van der Waals surface area contributed by atoms with Crippen molar-refractivity contribution in [2.45, 2.75) is 0 Å². The molecule has 0 bridgehead atoms. The molecule has 0 aliphatic rings. The van der Waals surface area contributed by atoms with E-state index in [2.05, 4.69) is 21.2 Å². The molecule has 0 aliphatic heterocycles. The van der Waals surface area contributed by atoms with Gasteiger partial charge < -0.3 is 14.8 Å². The maximum Gasteiger partial charge on any atom is 0.288 e. The molecule has 9 heteroatoms. The van der Waals surface area contributed by atoms with Crippen LogP contribution in [-0.2, 0) is 4.79 Å². The fourth-order valence-corrected chi connectivity index (χ4v) is 1.97. The van der Waals surface area contributed by atoms with E-state index in [1.54, 1.807) is 18.2 Å². The number of nitrogens with one attached hydrogen (secondary N) is 3. The molecule has 0 atom stereocenters. The zero-order valence-electron chi connectivity index (χ0n) is 14.2. The molecule has 0 radical (unpaired) electrons. The summed E-state index contributed by atoms with van der Waals surface area (Å²) in [5, 5.41) is 2.44. The van der Waals surface area contributed by atoms with E-state index >= 15 is 0 Å². The van der Waals surface area contributed by atoms with E-state index in [1.165, 1.54) is 38.6 Å². The van der Waals surface area contributed by atoms with E-state index < -0.39 is 17.7 Å². The van der Waals surface area contributed by atoms with Crippen molar-refractivity contribution in [3.8, 4) is 11.5 Å². The van der Waals surface area contributed by atoms with Crippen LogP contribution in [0, 0.1) is 0 Å². The number of ether oxygens (including phenoxy) is 2. The second-order valence-electron chi connectivity index (χ2n) is 4.97. The number of amides is 3. The van der Waals surface area contributed by atoms with E-state index in [9.17, 15) is 14.4 Å². The minimum atomic E-state index is -0.594. The maximum atomic E-state index is 12.1. The Morgan fingerprint density at radius 2 is 1.73 bits per heavy atom. The second-order valence-corrected chi connectivity index (χ2v) is 4.97. The van der Waals surface area contributed by atoms with Crippen molar-refractivity contribution in [1.82, 2.24) is 21.2 Å². The van der Waals surface area contributed by atoms with Crippen LogP contribution in [0.1, 0.15) is 20.8 Å². The van der Waals surface area contributed by atoms with E-state index in [-0.39, 0.29) is 12.2 Å². The van der Waals surface area contributed by atoms with Crippen LogP contribution in [0.15, 0.2) is 42.6 Å². The van der Waals surface area contributed by atoms with Crippen molar-refractivity contribution < 1.29 is 23.9 Å². The van der Waals surface area contributed by atoms with E-state index in [1.807, 2.05) is 0 Å². The lowest BCUT2D eigenvalue weighted by molar-refractivity contribution is -0.120. The summed E-state index contributed by atoms with van der Waals surface area (Å²) in [6.07, 6.45) is 1.46. The molecule has 136 valence electrons. The molecular formula is C17H18N4O5. The second kappa shape index (κ2) is 9.02. The molecule has 0 fully saturated rings. The van der Waals surface area contributed by atoms with E-state index in [0.717, 1.165) is 0 Å². The van der Waals surface area contributed by atoms with Crippen molar-refractivity contribution in [2.75, 3.05) is 20.8 Å². The highest BCUT2D eigenvalue weighted by molar-refractivity contribution is 5.98. The minimum Gasteiger partial charge on any atom is -0.493 e. The topological polar surface area (TPSA) is 119 Å². The number of carbonyl (C=O) groups excluding carboxylic acids is 3. The van der Waals surface area contributed by atoms with Gasteiger partial charge in [0.25, 0.3) is 17.7 Å². The van der Waals surface area contributed by atoms with Gasteiger partial charge >= 0.3 is 0 Å². The number of carbonyl (C=O) groups is 3. The number of pyridine rings is 1. The monoisotopic (exact) mass is 358 g/mol. The van der Waals surface area contributed by atoms with Gasteiger partial charge in [-0.3, -0.25) is 30.2 Å². The van der Waals surface area contributed by atoms with Crippen molar-refractivity contribution >= 4 is 17.7 Å². The van der Waals surface area contributed by atoms with Gasteiger partial charge in [0.05, 0.1) is 20.8 Å². The average molecular weight is 358 g/mol. The summed E-state index contributed by atoms with van der Waals surface area (Å²) in [6, 6.07) is 9.43. The Labute approximate surface area is 149 Å². The lowest BCUT2D eigenvalue weighted by atomic mass is 10.2. The number of rotatable bonds is 6. The van der Waals surface area contributed by atoms with Crippen LogP contribution in [0.3, 0.4) is 0 Å². The van der Waals surface area contributed by atoms with Gasteiger partial charge in [-0.25, -0.2) is 0 Å². The van der Waals surface area contributed by atoms with Crippen LogP contribution in [0.4, 0.5) is 0 Å². The van der Waals surface area contributed by atoms with Gasteiger partial charge in [-0.05, 0) is 30.3 Å². The lowest BCUT2D eigenvalue weighted by Gasteiger charge is -2.10. The number of benzene rings is 1. The highest BCUT2D eigenvalue weighted by Crippen LogP contribution is 2.27. The standard InChI is InChI=1S/C17H18N4O5/c1-25-13-7-6-11(9-14(13)26-2)16(23)19-10-15(22)20-21-17(24)12-5-3-4-8-18-12/h3-9H,10H2,1-2H3,(H,19,23)(H,20,22)(H,21,24). The van der Waals surface area contributed by atoms with Gasteiger partial charge in [-0.1, -0.05) is 6.07 Å². The van der Waals surface area contributed by atoms with Crippen LogP contribution in [0.25, 0.3) is 0 Å². The zero-order chi connectivity index (χ0) is 18.9. The first-order chi connectivity index (χ1) is 12.5. The van der Waals surface area contributed by atoms with Crippen LogP contribution >= 0.6 is 0 Å². The molecule has 3 amide bonds. The molecule has 26 heavy (non-hydrogen) atoms. The Balaban J connectivity index is 1.83. The minimum absolute atomic E-state index is 0.155. The Morgan fingerprint density at radius 1 is 0.962 bits per heavy atom. The largest absolute Gasteiger partial charge is 0.493 e. The fourth-order valence-electron chi connectivity index (χ4n) is 1.97. The average Bonchev–Trinajstić information content (AvgIpc) is 2.70. The molecule has 0 spiro atoms. The van der Waals surface area contributed by atoms with E-state index in [0.29, 0.717) is 17.1 Å². The van der Waals surface area contributed by atoms with Gasteiger partial charge in [-0.2, -0.15) is 0 Å². The maximum absolute atomic E-state index is 12.1. The summed E-state index contributed by atoms with van der Waals surface area (Å²) in [7, 11) is 2.94. The highest BCUT2D eigenvalue weighted by Gasteiger charge is 2.13. The SMILES string of the molecule is COc1ccc(C(=O)NCC(=O)NNC(=O)c2ccccn2)cc1OC. The third-order valence-corrected chi connectivity index (χ3v) is 3.27. The zero-order valence-corrected chi connectivity index (χ0v) is 14.2. The third kappa shape index (κ3) is 4.94. The normalized spacial score (nSPS) is 9.77. The molecule has 1 aromatic carbocycles. The molecule has 1 heterocycles. The van der Waals surface area contributed by atoms with Crippen LogP contribution in [0.5, 0.6) is 11.5 Å². The molecule has 0 aliphatic carbocycles. The first-order valence-corrected chi connectivity index (χ1v) is 7.55. The Bertz CT molecular complexity index is 795. The molecule has 2 rings (SSSR count). The number of aromatic nitrogens is 1. The van der Waals surface area contributed by atoms with Crippen LogP contribution in [-0.4, -0.2) is 43.5 Å². The lowest BCUT2D eigenvalue weighted by Crippen LogP contribution is -2.46. The smallest absolute Gasteiger partial charge is 0.288 e. The van der Waals surface area contributed by atoms with E-state index in [4.69, 9.17) is 9.47 Å². The highest BCUT2D eigenvalue weighted by atomic mass is 16.5. The molecule has 1 aromatic heterocycles. The molecule has 3 N–H and O–H groups in total. The first kappa shape index (κ1) is 18.7. The molecule has 0 saturated heterocycles. The molecular weight excluding hydrogens is 340 g/mol. The first-order valence-electron chi connectivity index (χ1n) is 7.55. The van der Waals surface area contributed by atoms with Gasteiger partial charge in [0.2, 0.25) is 0 Å². The van der Waals surface area contributed by atoms with Crippen LogP contribution < -0.4 is 25.6 Å². The molecule has 9 nitrogen and oxygen atoms in total. The van der Waals surface area contributed by atoms with Gasteiger partial charge in [0.1, 0.15) is 5.69 Å². The van der Waals surface area contributed by atoms with Crippen LogP contribution in [0.2, 0.25) is 0 Å². The van der Waals surface area contributed by atoms with Crippen molar-refractivity contribution in [2.24, 2.45) is 0 Å². The number of hydrogen-bond donors (Lipinski definition) is 3. The molecule has 2 aromatic rings. The Kier molecular flexibility index (Phi) is 6.49. The Morgan fingerprint density at radius 3 is 2.38 bits per heavy atom. The van der Waals surface area contributed by atoms with Gasteiger partial charge in [-0.15, -0.1) is 0 Å². The Hall–Kier alpha value is -3.62. The number of hydrazine groups is 1. The summed E-state index contributed by atoms with van der Waals surface area (Å²) in [5.74, 6) is -0.753. The van der Waals surface area contributed by atoms with Crippen molar-refractivity contribution in [3.05, 3.63) is 53.9 Å². The number of methoxy groups -OCH3 is 2. The summed E-state index contributed by atoms with van der Waals surface area (Å²) in [5.41, 5.74) is 4.85. The van der Waals surface area contributed by atoms with Crippen molar-refractivity contribution in [3.63, 3.8) is 0 Å². The molecule has 0 unspecified atom stereocenters. The number of nitrogens with zero attached hydrogens (tertiary/aromatic N) is 1. The quantitative estimate of drug-likeness (QED) is 0.639. The fraction of sp³-hybridized carbons (Fsp3) is 0.176. The summed E-state index contributed by atoms with van der Waals surface area (Å²) in [6.45, 7) is -0.324. The molecule has 0 saturated carbocycles. The summed E-state index contributed by atoms with van der Waals surface area (Å²) in [4.78, 5) is 39.4. The summed E-state index contributed by atoms with van der Waals surface area (Å²) >= 11 is 0. The van der Waals surface area contributed by atoms with Gasteiger partial charge in [0.15, 0.2) is 11.5 Å². The predicted octanol–water partition coefficient (Wildman–Crippen LogP) is 0.290. The number of hydrogen-bond acceptors (Lipinski definition) is 6. The third-order valence-electron chi connectivity index (χ3n) is 3.27. The van der Waals surface area contributed by atoms with Gasteiger partial charge in [0, 0.05) is 11.8 Å². The summed E-state index contributed by atoms with van der Waals surface area (Å²) < 4.78 is 10.2. The van der Waals surface area contributed by atoms with Crippen molar-refractivity contribution in [1.29, 1.82) is 0 Å². The predicted molar refractivity (Wildman–Crippen MR) is 91.7 cm³/mol.